The summed E-state index contributed by atoms with van der Waals surface area (Å²) >= 11 is 7.49. The lowest BCUT2D eigenvalue weighted by Gasteiger charge is -2.28. The van der Waals surface area contributed by atoms with E-state index in [1.165, 1.54) is 0 Å². The number of thioether (sulfide) groups is 1. The quantitative estimate of drug-likeness (QED) is 0.521. The summed E-state index contributed by atoms with van der Waals surface area (Å²) in [5.41, 5.74) is 0. The summed E-state index contributed by atoms with van der Waals surface area (Å²) in [5.74, 6) is 1.37. The van der Waals surface area contributed by atoms with Crippen molar-refractivity contribution in [3.8, 4) is 0 Å². The predicted octanol–water partition coefficient (Wildman–Crippen LogP) is 2.74. The van der Waals surface area contributed by atoms with Crippen molar-refractivity contribution in [3.63, 3.8) is 0 Å². The summed E-state index contributed by atoms with van der Waals surface area (Å²) in [6.45, 7) is 3.13. The number of nitrogens with one attached hydrogen (secondary N) is 1. The Labute approximate surface area is 111 Å². The third-order valence-electron chi connectivity index (χ3n) is 2.58. The highest BCUT2D eigenvalue weighted by molar-refractivity contribution is 8.00. The Balaban J connectivity index is 1.81. The molecule has 1 aliphatic rings. The molecule has 1 N–H and O–H groups in total. The van der Waals surface area contributed by atoms with Crippen LogP contribution in [0.1, 0.15) is 0 Å². The molecule has 0 radical (unpaired) electrons. The number of hydrogen-bond acceptors (Lipinski definition) is 3. The third kappa shape index (κ3) is 3.91. The zero-order valence-corrected chi connectivity index (χ0v) is 11.1. The highest BCUT2D eigenvalue weighted by Gasteiger charge is 2.13. The van der Waals surface area contributed by atoms with E-state index in [1.807, 2.05) is 24.3 Å². The third-order valence-corrected chi connectivity index (χ3v) is 3.86. The van der Waals surface area contributed by atoms with Crippen LogP contribution in [0.2, 0.25) is 5.02 Å². The predicted molar refractivity (Wildman–Crippen MR) is 72.3 cm³/mol. The van der Waals surface area contributed by atoms with Gasteiger partial charge < -0.3 is 9.64 Å². The number of ether oxygens (including phenoxy) is 1. The zero-order valence-electron chi connectivity index (χ0n) is 9.49. The van der Waals surface area contributed by atoms with E-state index in [9.17, 15) is 0 Å². The molecule has 0 saturated carbocycles. The van der Waals surface area contributed by atoms with Crippen LogP contribution in [0.25, 0.3) is 0 Å². The lowest BCUT2D eigenvalue weighted by atomic mass is 10.4. The average molecular weight is 271 g/mol. The summed E-state index contributed by atoms with van der Waals surface area (Å²) in [7, 11) is 0. The van der Waals surface area contributed by atoms with Gasteiger partial charge in [-0.2, -0.15) is 0 Å². The minimum Gasteiger partial charge on any atom is -0.378 e. The molecule has 17 heavy (non-hydrogen) atoms. The van der Waals surface area contributed by atoms with Crippen LogP contribution in [0, 0.1) is 5.41 Å². The largest absolute Gasteiger partial charge is 0.378 e. The Morgan fingerprint density at radius 1 is 1.29 bits per heavy atom. The van der Waals surface area contributed by atoms with E-state index in [0.29, 0.717) is 11.6 Å². The zero-order chi connectivity index (χ0) is 12.1. The fourth-order valence-corrected chi connectivity index (χ4v) is 2.55. The summed E-state index contributed by atoms with van der Waals surface area (Å²) in [4.78, 5) is 3.22. The van der Waals surface area contributed by atoms with Crippen molar-refractivity contribution in [1.82, 2.24) is 4.90 Å². The molecule has 0 amide bonds. The Hall–Kier alpha value is -0.710. The Kier molecular flexibility index (Phi) is 4.71. The first-order valence-corrected chi connectivity index (χ1v) is 6.90. The number of amidine groups is 1. The number of morpholine rings is 1. The summed E-state index contributed by atoms with van der Waals surface area (Å²) < 4.78 is 5.27. The molecule has 1 aromatic rings. The minimum absolute atomic E-state index is 0.674. The van der Waals surface area contributed by atoms with Gasteiger partial charge in [0.25, 0.3) is 0 Å². The second-order valence-electron chi connectivity index (χ2n) is 3.79. The molecule has 0 atom stereocenters. The van der Waals surface area contributed by atoms with E-state index in [0.717, 1.165) is 36.2 Å². The molecule has 0 spiro atoms. The van der Waals surface area contributed by atoms with Gasteiger partial charge in [0.2, 0.25) is 0 Å². The maximum atomic E-state index is 8.00. The van der Waals surface area contributed by atoms with Gasteiger partial charge in [0, 0.05) is 23.0 Å². The molecule has 0 aromatic heterocycles. The van der Waals surface area contributed by atoms with Gasteiger partial charge >= 0.3 is 0 Å². The number of benzene rings is 1. The Morgan fingerprint density at radius 2 is 1.94 bits per heavy atom. The highest BCUT2D eigenvalue weighted by Crippen LogP contribution is 2.20. The smallest absolute Gasteiger partial charge is 0.106 e. The van der Waals surface area contributed by atoms with Gasteiger partial charge in [-0.1, -0.05) is 11.6 Å². The van der Waals surface area contributed by atoms with Crippen molar-refractivity contribution >= 4 is 29.2 Å². The monoisotopic (exact) mass is 270 g/mol. The lowest BCUT2D eigenvalue weighted by Crippen LogP contribution is -2.41. The van der Waals surface area contributed by atoms with Crippen molar-refractivity contribution in [2.24, 2.45) is 0 Å². The van der Waals surface area contributed by atoms with E-state index in [4.69, 9.17) is 21.7 Å². The number of rotatable bonds is 3. The SMILES string of the molecule is N=C(CSc1ccc(Cl)cc1)N1CCOCC1. The molecular weight excluding hydrogens is 256 g/mol. The minimum atomic E-state index is 0.674. The van der Waals surface area contributed by atoms with Crippen LogP contribution in [-0.4, -0.2) is 42.8 Å². The van der Waals surface area contributed by atoms with Crippen LogP contribution in [0.5, 0.6) is 0 Å². The second kappa shape index (κ2) is 6.28. The van der Waals surface area contributed by atoms with Crippen LogP contribution in [0.4, 0.5) is 0 Å². The van der Waals surface area contributed by atoms with E-state index in [1.54, 1.807) is 11.8 Å². The van der Waals surface area contributed by atoms with Crippen LogP contribution in [0.15, 0.2) is 29.2 Å². The van der Waals surface area contributed by atoms with Crippen LogP contribution in [0.3, 0.4) is 0 Å². The Morgan fingerprint density at radius 3 is 2.59 bits per heavy atom. The van der Waals surface area contributed by atoms with Crippen molar-refractivity contribution in [2.45, 2.75) is 4.90 Å². The molecule has 3 nitrogen and oxygen atoms in total. The summed E-state index contributed by atoms with van der Waals surface area (Å²) in [6.07, 6.45) is 0. The van der Waals surface area contributed by atoms with Gasteiger partial charge in [-0.25, -0.2) is 0 Å². The maximum Gasteiger partial charge on any atom is 0.106 e. The summed E-state index contributed by atoms with van der Waals surface area (Å²) in [6, 6.07) is 7.73. The van der Waals surface area contributed by atoms with Crippen molar-refractivity contribution in [3.05, 3.63) is 29.3 Å². The average Bonchev–Trinajstić information content (AvgIpc) is 2.39. The molecular formula is C12H15ClN2OS. The topological polar surface area (TPSA) is 36.3 Å². The van der Waals surface area contributed by atoms with E-state index in [2.05, 4.69) is 4.90 Å². The molecule has 2 rings (SSSR count). The maximum absolute atomic E-state index is 8.00. The van der Waals surface area contributed by atoms with Gasteiger partial charge in [0.05, 0.1) is 19.0 Å². The molecule has 1 aliphatic heterocycles. The van der Waals surface area contributed by atoms with Crippen molar-refractivity contribution < 1.29 is 4.74 Å². The van der Waals surface area contributed by atoms with Crippen LogP contribution < -0.4 is 0 Å². The van der Waals surface area contributed by atoms with Crippen LogP contribution in [-0.2, 0) is 4.74 Å². The molecule has 0 unspecified atom stereocenters. The van der Waals surface area contributed by atoms with Gasteiger partial charge in [-0.05, 0) is 24.3 Å². The van der Waals surface area contributed by atoms with Gasteiger partial charge in [-0.15, -0.1) is 11.8 Å². The van der Waals surface area contributed by atoms with E-state index >= 15 is 0 Å². The molecule has 1 saturated heterocycles. The molecule has 92 valence electrons. The first-order valence-electron chi connectivity index (χ1n) is 5.54. The highest BCUT2D eigenvalue weighted by atomic mass is 35.5. The molecule has 1 heterocycles. The normalized spacial score (nSPS) is 15.9. The fraction of sp³-hybridized carbons (Fsp3) is 0.417. The molecule has 0 aliphatic carbocycles. The van der Waals surface area contributed by atoms with Gasteiger partial charge in [-0.3, -0.25) is 5.41 Å². The standard InChI is InChI=1S/C12H15ClN2OS/c13-10-1-3-11(4-2-10)17-9-12(14)15-5-7-16-8-6-15/h1-4,14H,5-9H2. The molecule has 1 aromatic carbocycles. The molecule has 0 bridgehead atoms. The number of hydrogen-bond donors (Lipinski definition) is 1. The molecule has 1 fully saturated rings. The number of halogens is 1. The summed E-state index contributed by atoms with van der Waals surface area (Å²) in [5, 5.41) is 8.75. The molecule has 5 heteroatoms. The fourth-order valence-electron chi connectivity index (χ4n) is 1.61. The second-order valence-corrected chi connectivity index (χ2v) is 5.27. The Bertz CT molecular complexity index is 377. The van der Waals surface area contributed by atoms with Gasteiger partial charge in [0.1, 0.15) is 5.84 Å². The van der Waals surface area contributed by atoms with Crippen molar-refractivity contribution in [2.75, 3.05) is 32.1 Å². The number of nitrogens with zero attached hydrogens (tertiary/aromatic N) is 1. The van der Waals surface area contributed by atoms with E-state index < -0.39 is 0 Å². The first kappa shape index (κ1) is 12.7. The van der Waals surface area contributed by atoms with Crippen LogP contribution >= 0.6 is 23.4 Å². The van der Waals surface area contributed by atoms with Crippen molar-refractivity contribution in [1.29, 1.82) is 5.41 Å². The lowest BCUT2D eigenvalue weighted by molar-refractivity contribution is 0.0676. The van der Waals surface area contributed by atoms with E-state index in [-0.39, 0.29) is 0 Å². The first-order chi connectivity index (χ1) is 8.25. The van der Waals surface area contributed by atoms with Gasteiger partial charge in [0.15, 0.2) is 0 Å².